The van der Waals surface area contributed by atoms with Gasteiger partial charge in [0.05, 0.1) is 12.1 Å². The molecule has 29 heavy (non-hydrogen) atoms. The number of ether oxygens (including phenoxy) is 2. The Balaban J connectivity index is 1.62. The monoisotopic (exact) mass is 427 g/mol. The minimum atomic E-state index is -0.192. The first-order chi connectivity index (χ1) is 14.1. The van der Waals surface area contributed by atoms with E-state index in [9.17, 15) is 9.59 Å². The summed E-state index contributed by atoms with van der Waals surface area (Å²) >= 11 is 2.70. The van der Waals surface area contributed by atoms with Crippen LogP contribution in [0.4, 0.5) is 0 Å². The molecule has 0 saturated carbocycles. The summed E-state index contributed by atoms with van der Waals surface area (Å²) in [5, 5.41) is 0.863. The Morgan fingerprint density at radius 1 is 1.17 bits per heavy atom. The molecule has 0 fully saturated rings. The van der Waals surface area contributed by atoms with Gasteiger partial charge in [0.15, 0.2) is 11.5 Å². The molecule has 5 nitrogen and oxygen atoms in total. The number of benzene rings is 2. The largest absolute Gasteiger partial charge is 0.493 e. The molecule has 2 atom stereocenters. The standard InChI is InChI=1S/C22H21NO4S2/c1-13-3-5-14(6-4-13)11-27-17-8-7-15(9-18(17)26-2)19-16(10-24)12-28-21-20(19)29-22(25)23-21/h3-10,16,19H,11-12H2,1-2H3,(H,23,25). The molecule has 150 valence electrons. The number of H-pyrrole nitrogens is 1. The molecule has 0 radical (unpaired) electrons. The highest BCUT2D eigenvalue weighted by atomic mass is 32.2. The summed E-state index contributed by atoms with van der Waals surface area (Å²) in [6.07, 6.45) is 0.985. The van der Waals surface area contributed by atoms with Gasteiger partial charge in [-0.15, -0.1) is 11.8 Å². The van der Waals surface area contributed by atoms with E-state index < -0.39 is 0 Å². The molecule has 3 aromatic rings. The summed E-state index contributed by atoms with van der Waals surface area (Å²) in [6, 6.07) is 13.9. The average Bonchev–Trinajstić information content (AvgIpc) is 3.12. The van der Waals surface area contributed by atoms with E-state index in [0.29, 0.717) is 23.9 Å². The minimum Gasteiger partial charge on any atom is -0.493 e. The lowest BCUT2D eigenvalue weighted by molar-refractivity contribution is -0.110. The number of nitrogens with one attached hydrogen (secondary N) is 1. The molecular weight excluding hydrogens is 406 g/mol. The molecule has 0 aliphatic carbocycles. The van der Waals surface area contributed by atoms with Crippen molar-refractivity contribution in [3.05, 3.63) is 73.7 Å². The number of carbonyl (C=O) groups is 1. The summed E-state index contributed by atoms with van der Waals surface area (Å²) in [4.78, 5) is 27.3. The molecule has 1 aliphatic heterocycles. The number of aryl methyl sites for hydroxylation is 1. The summed E-state index contributed by atoms with van der Waals surface area (Å²) in [5.74, 6) is 1.55. The van der Waals surface area contributed by atoms with E-state index in [2.05, 4.69) is 24.0 Å². The van der Waals surface area contributed by atoms with Crippen LogP contribution in [0.15, 0.2) is 52.3 Å². The van der Waals surface area contributed by atoms with Gasteiger partial charge < -0.3 is 19.3 Å². The molecule has 1 aliphatic rings. The molecule has 2 unspecified atom stereocenters. The van der Waals surface area contributed by atoms with E-state index in [4.69, 9.17) is 9.47 Å². The van der Waals surface area contributed by atoms with Crippen LogP contribution in [0.5, 0.6) is 11.5 Å². The third kappa shape index (κ3) is 4.11. The van der Waals surface area contributed by atoms with E-state index in [1.807, 2.05) is 30.3 Å². The molecule has 4 rings (SSSR count). The molecule has 2 heterocycles. The topological polar surface area (TPSA) is 68.4 Å². The van der Waals surface area contributed by atoms with E-state index in [0.717, 1.165) is 27.3 Å². The van der Waals surface area contributed by atoms with Crippen LogP contribution in [0.25, 0.3) is 0 Å². The van der Waals surface area contributed by atoms with Gasteiger partial charge in [0.1, 0.15) is 12.9 Å². The fourth-order valence-corrected chi connectivity index (χ4v) is 5.83. The van der Waals surface area contributed by atoms with Gasteiger partial charge >= 0.3 is 4.87 Å². The number of rotatable bonds is 6. The number of aromatic nitrogens is 1. The first-order valence-corrected chi connectivity index (χ1v) is 11.1. The lowest BCUT2D eigenvalue weighted by atomic mass is 9.86. The van der Waals surface area contributed by atoms with Crippen molar-refractivity contribution in [1.29, 1.82) is 0 Å². The average molecular weight is 428 g/mol. The summed E-state index contributed by atoms with van der Waals surface area (Å²) in [7, 11) is 1.60. The number of carbonyl (C=O) groups excluding carboxylic acids is 1. The van der Waals surface area contributed by atoms with Gasteiger partial charge in [0.25, 0.3) is 0 Å². The van der Waals surface area contributed by atoms with Crippen molar-refractivity contribution in [1.82, 2.24) is 4.98 Å². The molecule has 1 N–H and O–H groups in total. The molecule has 0 amide bonds. The molecule has 7 heteroatoms. The maximum absolute atomic E-state index is 11.9. The summed E-state index contributed by atoms with van der Waals surface area (Å²) in [6.45, 7) is 2.49. The maximum Gasteiger partial charge on any atom is 0.305 e. The fourth-order valence-electron chi connectivity index (χ4n) is 3.47. The minimum absolute atomic E-state index is 0.0935. The fraction of sp³-hybridized carbons (Fsp3) is 0.273. The zero-order valence-corrected chi connectivity index (χ0v) is 17.8. The maximum atomic E-state index is 11.9. The van der Waals surface area contributed by atoms with Gasteiger partial charge in [-0.1, -0.05) is 47.2 Å². The Labute approximate surface area is 177 Å². The molecular formula is C22H21NO4S2. The molecule has 0 saturated heterocycles. The number of methoxy groups -OCH3 is 1. The van der Waals surface area contributed by atoms with Crippen molar-refractivity contribution in [3.63, 3.8) is 0 Å². The zero-order chi connectivity index (χ0) is 20.4. The number of fused-ring (bicyclic) bond motifs is 1. The van der Waals surface area contributed by atoms with Crippen molar-refractivity contribution >= 4 is 29.4 Å². The third-order valence-corrected chi connectivity index (χ3v) is 7.27. The van der Waals surface area contributed by atoms with Gasteiger partial charge in [-0.2, -0.15) is 0 Å². The predicted octanol–water partition coefficient (Wildman–Crippen LogP) is 4.39. The van der Waals surface area contributed by atoms with Crippen molar-refractivity contribution < 1.29 is 14.3 Å². The normalized spacial score (nSPS) is 18.1. The first-order valence-electron chi connectivity index (χ1n) is 9.26. The van der Waals surface area contributed by atoms with Crippen molar-refractivity contribution in [3.8, 4) is 11.5 Å². The lowest BCUT2D eigenvalue weighted by Crippen LogP contribution is -2.21. The zero-order valence-electron chi connectivity index (χ0n) is 16.1. The van der Waals surface area contributed by atoms with Crippen molar-refractivity contribution in [2.24, 2.45) is 5.92 Å². The van der Waals surface area contributed by atoms with Crippen molar-refractivity contribution in [2.45, 2.75) is 24.5 Å². The van der Waals surface area contributed by atoms with E-state index in [-0.39, 0.29) is 16.7 Å². The molecule has 1 aromatic heterocycles. The highest BCUT2D eigenvalue weighted by Crippen LogP contribution is 2.45. The van der Waals surface area contributed by atoms with Crippen LogP contribution in [-0.2, 0) is 11.4 Å². The Hall–Kier alpha value is -2.51. The second kappa shape index (κ2) is 8.47. The highest BCUT2D eigenvalue weighted by Gasteiger charge is 2.34. The van der Waals surface area contributed by atoms with Crippen LogP contribution in [0.1, 0.15) is 27.5 Å². The van der Waals surface area contributed by atoms with E-state index >= 15 is 0 Å². The van der Waals surface area contributed by atoms with E-state index in [1.165, 1.54) is 28.7 Å². The van der Waals surface area contributed by atoms with E-state index in [1.54, 1.807) is 7.11 Å². The van der Waals surface area contributed by atoms with Crippen LogP contribution in [0.3, 0.4) is 0 Å². The molecule has 0 spiro atoms. The Morgan fingerprint density at radius 2 is 1.97 bits per heavy atom. The van der Waals surface area contributed by atoms with Crippen LogP contribution < -0.4 is 14.3 Å². The van der Waals surface area contributed by atoms with Crippen LogP contribution in [-0.4, -0.2) is 24.1 Å². The summed E-state index contributed by atoms with van der Waals surface area (Å²) in [5.41, 5.74) is 3.23. The second-order valence-corrected chi connectivity index (χ2v) is 9.03. The number of thioether (sulfide) groups is 1. The first kappa shape index (κ1) is 19.8. The number of hydrogen-bond acceptors (Lipinski definition) is 6. The van der Waals surface area contributed by atoms with Gasteiger partial charge in [0.2, 0.25) is 0 Å². The second-order valence-electron chi connectivity index (χ2n) is 6.98. The van der Waals surface area contributed by atoms with Crippen LogP contribution in [0.2, 0.25) is 0 Å². The number of aromatic amines is 1. The molecule has 0 bridgehead atoms. The SMILES string of the molecule is COc1cc(C2c3sc(=O)[nH]c3SCC2C=O)ccc1OCc1ccc(C)cc1. The van der Waals surface area contributed by atoms with Gasteiger partial charge in [-0.25, -0.2) is 0 Å². The summed E-state index contributed by atoms with van der Waals surface area (Å²) < 4.78 is 11.5. The molecule has 2 aromatic carbocycles. The van der Waals surface area contributed by atoms with Crippen molar-refractivity contribution in [2.75, 3.05) is 12.9 Å². The Kier molecular flexibility index (Phi) is 5.78. The predicted molar refractivity (Wildman–Crippen MR) is 116 cm³/mol. The Bertz CT molecular complexity index is 1070. The van der Waals surface area contributed by atoms with Gasteiger partial charge in [-0.3, -0.25) is 4.79 Å². The van der Waals surface area contributed by atoms with Gasteiger partial charge in [-0.05, 0) is 30.2 Å². The highest BCUT2D eigenvalue weighted by molar-refractivity contribution is 7.99. The third-order valence-electron chi connectivity index (χ3n) is 5.01. The lowest BCUT2D eigenvalue weighted by Gasteiger charge is -2.27. The number of aldehydes is 1. The van der Waals surface area contributed by atoms with Crippen LogP contribution >= 0.6 is 23.1 Å². The van der Waals surface area contributed by atoms with Gasteiger partial charge in [0, 0.05) is 22.5 Å². The van der Waals surface area contributed by atoms with Crippen LogP contribution in [0, 0.1) is 12.8 Å². The number of hydrogen-bond donors (Lipinski definition) is 1. The Morgan fingerprint density at radius 3 is 2.69 bits per heavy atom. The number of thiazole rings is 1. The quantitative estimate of drug-likeness (QED) is 0.591. The smallest absolute Gasteiger partial charge is 0.305 e.